The molecule has 0 N–H and O–H groups in total. The van der Waals surface area contributed by atoms with Crippen molar-refractivity contribution in [3.05, 3.63) is 11.5 Å². The van der Waals surface area contributed by atoms with Crippen LogP contribution < -0.4 is 0 Å². The van der Waals surface area contributed by atoms with E-state index in [0.717, 1.165) is 5.88 Å². The first-order valence-corrected chi connectivity index (χ1v) is 4.31. The number of hydrogen-bond acceptors (Lipinski definition) is 2. The van der Waals surface area contributed by atoms with Crippen molar-refractivity contribution in [3.8, 4) is 0 Å². The van der Waals surface area contributed by atoms with Crippen LogP contribution in [0.5, 0.6) is 0 Å². The zero-order valence-electron chi connectivity index (χ0n) is 3.70. The second kappa shape index (κ2) is 2.33. The smallest absolute Gasteiger partial charge is 0.0927 e. The maximum absolute atomic E-state index is 4.92. The summed E-state index contributed by atoms with van der Waals surface area (Å²) in [4.78, 5) is 3.95. The van der Waals surface area contributed by atoms with Crippen molar-refractivity contribution in [2.75, 3.05) is 5.88 Å². The Morgan fingerprint density at radius 1 is 1.71 bits per heavy atom. The normalized spacial score (nSPS) is 28.3. The lowest BCUT2D eigenvalue weighted by Gasteiger charge is -1.94. The van der Waals surface area contributed by atoms with Crippen LogP contribution in [0.15, 0.2) is 16.5 Å². The van der Waals surface area contributed by atoms with Crippen LogP contribution in [0.4, 0.5) is 0 Å². The van der Waals surface area contributed by atoms with E-state index in [1.54, 1.807) is 6.21 Å². The Labute approximate surface area is 49.7 Å². The van der Waals surface area contributed by atoms with Crippen LogP contribution in [-0.2, 0) is 20.6 Å². The number of aliphatic imine (C=N–C) groups is 1. The molecule has 1 rings (SSSR count). The first-order chi connectivity index (χ1) is 3.39. The molecule has 0 saturated heterocycles. The molecule has 0 aromatic carbocycles. The van der Waals surface area contributed by atoms with Gasteiger partial charge in [-0.3, -0.25) is 4.99 Å². The summed E-state index contributed by atoms with van der Waals surface area (Å²) in [6.07, 6.45) is 3.69. The van der Waals surface area contributed by atoms with Crippen LogP contribution in [0.3, 0.4) is 0 Å². The van der Waals surface area contributed by atoms with Gasteiger partial charge in [-0.15, -0.1) is 0 Å². The van der Waals surface area contributed by atoms with E-state index in [2.05, 4.69) is 4.99 Å². The third-order valence-electron chi connectivity index (χ3n) is 0.624. The Balaban J connectivity index is 2.66. The molecule has 7 heavy (non-hydrogen) atoms. The van der Waals surface area contributed by atoms with Gasteiger partial charge >= 0.3 is 0 Å². The van der Waals surface area contributed by atoms with E-state index in [9.17, 15) is 0 Å². The summed E-state index contributed by atoms with van der Waals surface area (Å²) >= 11 is 4.92. The summed E-state index contributed by atoms with van der Waals surface area (Å²) in [6, 6.07) is 0. The SMILES string of the molecule is S=S1C=CC=NC1. The lowest BCUT2D eigenvalue weighted by atomic mass is 10.7. The van der Waals surface area contributed by atoms with Crippen molar-refractivity contribution >= 4 is 26.9 Å². The number of rotatable bonds is 0. The van der Waals surface area contributed by atoms with Crippen molar-refractivity contribution in [2.24, 2.45) is 4.99 Å². The lowest BCUT2D eigenvalue weighted by Crippen LogP contribution is -1.91. The molecule has 1 atom stereocenters. The first-order valence-electron chi connectivity index (χ1n) is 1.93. The van der Waals surface area contributed by atoms with Gasteiger partial charge in [0.05, 0.1) is 5.88 Å². The summed E-state index contributed by atoms with van der Waals surface area (Å²) in [7, 11) is 0.0147. The van der Waals surface area contributed by atoms with Crippen LogP contribution >= 0.6 is 0 Å². The summed E-state index contributed by atoms with van der Waals surface area (Å²) in [5.41, 5.74) is 0. The van der Waals surface area contributed by atoms with Gasteiger partial charge in [-0.05, 0) is 22.7 Å². The van der Waals surface area contributed by atoms with Gasteiger partial charge in [0, 0.05) is 6.21 Å². The van der Waals surface area contributed by atoms with Crippen LogP contribution in [0.1, 0.15) is 0 Å². The van der Waals surface area contributed by atoms with Gasteiger partial charge in [0.15, 0.2) is 0 Å². The van der Waals surface area contributed by atoms with Crippen molar-refractivity contribution in [3.63, 3.8) is 0 Å². The Kier molecular flexibility index (Phi) is 1.70. The summed E-state index contributed by atoms with van der Waals surface area (Å²) < 4.78 is 0. The first kappa shape index (κ1) is 5.12. The molecule has 0 amide bonds. The molecule has 1 aliphatic rings. The molecule has 0 aromatic rings. The van der Waals surface area contributed by atoms with Gasteiger partial charge in [0.1, 0.15) is 0 Å². The van der Waals surface area contributed by atoms with Crippen molar-refractivity contribution in [1.29, 1.82) is 0 Å². The van der Waals surface area contributed by atoms with Crippen molar-refractivity contribution in [1.82, 2.24) is 0 Å². The second-order valence-corrected chi connectivity index (χ2v) is 3.75. The molecule has 0 aromatic heterocycles. The molecular weight excluding hydrogens is 126 g/mol. The minimum absolute atomic E-state index is 0.0147. The van der Waals surface area contributed by atoms with E-state index in [-0.39, 0.29) is 9.45 Å². The molecule has 1 unspecified atom stereocenters. The Hall–Kier alpha value is -0.0200. The van der Waals surface area contributed by atoms with Gasteiger partial charge in [-0.1, -0.05) is 9.45 Å². The molecular formula is C4H5NS2. The number of allylic oxidation sites excluding steroid dienone is 1. The second-order valence-electron chi connectivity index (χ2n) is 1.17. The van der Waals surface area contributed by atoms with Crippen LogP contribution in [0.2, 0.25) is 0 Å². The highest BCUT2D eigenvalue weighted by Crippen LogP contribution is 1.90. The standard InChI is InChI=1S/C4H5NS2/c6-7-3-1-2-5-4-7/h1-3H,4H2. The minimum atomic E-state index is 0.0147. The molecule has 0 radical (unpaired) electrons. The molecule has 0 aliphatic carbocycles. The predicted molar refractivity (Wildman–Crippen MR) is 37.2 cm³/mol. The summed E-state index contributed by atoms with van der Waals surface area (Å²) in [6.45, 7) is 0. The van der Waals surface area contributed by atoms with Gasteiger partial charge in [-0.25, -0.2) is 0 Å². The molecule has 0 fully saturated rings. The fourth-order valence-corrected chi connectivity index (χ4v) is 1.28. The maximum atomic E-state index is 4.92. The molecule has 1 aliphatic heterocycles. The number of hydrogen-bond donors (Lipinski definition) is 0. The highest BCUT2D eigenvalue weighted by molar-refractivity contribution is 8.30. The van der Waals surface area contributed by atoms with Gasteiger partial charge in [0.2, 0.25) is 0 Å². The zero-order chi connectivity index (χ0) is 5.11. The number of nitrogens with zero attached hydrogens (tertiary/aromatic N) is 1. The van der Waals surface area contributed by atoms with Gasteiger partial charge in [-0.2, -0.15) is 0 Å². The fraction of sp³-hybridized carbons (Fsp3) is 0.250. The fourth-order valence-electron chi connectivity index (χ4n) is 0.343. The third-order valence-corrected chi connectivity index (χ3v) is 2.14. The zero-order valence-corrected chi connectivity index (χ0v) is 5.34. The van der Waals surface area contributed by atoms with Crippen LogP contribution in [0, 0.1) is 0 Å². The van der Waals surface area contributed by atoms with Crippen molar-refractivity contribution < 1.29 is 0 Å². The van der Waals surface area contributed by atoms with E-state index in [4.69, 9.17) is 11.2 Å². The molecule has 0 bridgehead atoms. The van der Waals surface area contributed by atoms with Crippen LogP contribution in [-0.4, -0.2) is 12.1 Å². The molecule has 3 heteroatoms. The molecule has 0 spiro atoms. The molecule has 0 saturated carbocycles. The molecule has 1 heterocycles. The highest BCUT2D eigenvalue weighted by Gasteiger charge is 1.86. The van der Waals surface area contributed by atoms with E-state index >= 15 is 0 Å². The average Bonchev–Trinajstić information content (AvgIpc) is 1.69. The molecule has 38 valence electrons. The Morgan fingerprint density at radius 3 is 2.86 bits per heavy atom. The maximum Gasteiger partial charge on any atom is 0.0927 e. The summed E-state index contributed by atoms with van der Waals surface area (Å²) in [5.74, 6) is 0.811. The minimum Gasteiger partial charge on any atom is -0.282 e. The highest BCUT2D eigenvalue weighted by atomic mass is 32.8. The van der Waals surface area contributed by atoms with Crippen LogP contribution in [0.25, 0.3) is 0 Å². The van der Waals surface area contributed by atoms with Gasteiger partial charge < -0.3 is 0 Å². The van der Waals surface area contributed by atoms with E-state index in [1.807, 2.05) is 11.5 Å². The van der Waals surface area contributed by atoms with E-state index in [1.165, 1.54) is 0 Å². The van der Waals surface area contributed by atoms with E-state index < -0.39 is 0 Å². The summed E-state index contributed by atoms with van der Waals surface area (Å²) in [5, 5.41) is 2.00. The van der Waals surface area contributed by atoms with Gasteiger partial charge in [0.25, 0.3) is 0 Å². The largest absolute Gasteiger partial charge is 0.282 e. The van der Waals surface area contributed by atoms with E-state index in [0.29, 0.717) is 0 Å². The molecule has 1 nitrogen and oxygen atoms in total. The predicted octanol–water partition coefficient (Wildman–Crippen LogP) is 0.622. The third kappa shape index (κ3) is 1.49. The quantitative estimate of drug-likeness (QED) is 0.469. The van der Waals surface area contributed by atoms with Crippen molar-refractivity contribution in [2.45, 2.75) is 0 Å². The Morgan fingerprint density at radius 2 is 2.57 bits per heavy atom. The topological polar surface area (TPSA) is 12.4 Å². The lowest BCUT2D eigenvalue weighted by molar-refractivity contribution is 1.40. The Bertz CT molecular complexity index is 137. The monoisotopic (exact) mass is 131 g/mol. The average molecular weight is 131 g/mol.